The van der Waals surface area contributed by atoms with E-state index in [4.69, 9.17) is 10.2 Å². The van der Waals surface area contributed by atoms with Crippen molar-refractivity contribution >= 4 is 28.2 Å². The lowest BCUT2D eigenvalue weighted by Crippen LogP contribution is -2.86. The standard InChI is InChI=1S/C17H21N3O3S/c1-10(12-6-4-8-23-12)19-9-14(21)20-17-15(16(18)22)11-5-2-3-7-13(11)24-17/h4,6,8,10,19H,2-3,5,7,9H2,1H3,(H2,18,22)(H,20,21)/p+1/t10-/m0/s1. The number of fused-ring (bicyclic) bond motifs is 1. The van der Waals surface area contributed by atoms with Crippen LogP contribution in [0.1, 0.15) is 52.4 Å². The van der Waals surface area contributed by atoms with Gasteiger partial charge >= 0.3 is 0 Å². The Balaban J connectivity index is 1.66. The molecule has 0 unspecified atom stereocenters. The second-order valence-electron chi connectivity index (χ2n) is 6.07. The molecule has 2 heterocycles. The van der Waals surface area contributed by atoms with Crippen molar-refractivity contribution in [3.63, 3.8) is 0 Å². The van der Waals surface area contributed by atoms with Crippen LogP contribution in [0.4, 0.5) is 5.00 Å². The Hall–Kier alpha value is -2.12. The molecule has 1 aliphatic carbocycles. The predicted octanol–water partition coefficient (Wildman–Crippen LogP) is 1.58. The molecule has 0 saturated carbocycles. The maximum absolute atomic E-state index is 12.3. The lowest BCUT2D eigenvalue weighted by molar-refractivity contribution is -0.684. The molecule has 2 aromatic heterocycles. The Morgan fingerprint density at radius 2 is 2.21 bits per heavy atom. The number of nitrogens with one attached hydrogen (secondary N) is 1. The fourth-order valence-corrected chi connectivity index (χ4v) is 4.35. The molecule has 24 heavy (non-hydrogen) atoms. The smallest absolute Gasteiger partial charge is 0.280 e. The van der Waals surface area contributed by atoms with E-state index in [2.05, 4.69) is 5.32 Å². The molecular weight excluding hydrogens is 326 g/mol. The molecule has 2 aromatic rings. The first kappa shape index (κ1) is 16.7. The van der Waals surface area contributed by atoms with Crippen molar-refractivity contribution in [2.24, 2.45) is 5.73 Å². The number of carbonyl (C=O) groups excluding carboxylic acids is 2. The lowest BCUT2D eigenvalue weighted by atomic mass is 9.95. The topological polar surface area (TPSA) is 102 Å². The average molecular weight is 348 g/mol. The number of carbonyl (C=O) groups is 2. The summed E-state index contributed by atoms with van der Waals surface area (Å²) < 4.78 is 5.33. The third-order valence-electron chi connectivity index (χ3n) is 4.32. The van der Waals surface area contributed by atoms with Gasteiger partial charge in [0.15, 0.2) is 12.3 Å². The maximum atomic E-state index is 12.3. The van der Waals surface area contributed by atoms with Gasteiger partial charge in [-0.15, -0.1) is 11.3 Å². The van der Waals surface area contributed by atoms with Crippen LogP contribution in [0.15, 0.2) is 22.8 Å². The zero-order valence-electron chi connectivity index (χ0n) is 13.6. The molecule has 0 spiro atoms. The average Bonchev–Trinajstić information content (AvgIpc) is 3.19. The van der Waals surface area contributed by atoms with Crippen molar-refractivity contribution in [2.75, 3.05) is 11.9 Å². The van der Waals surface area contributed by atoms with E-state index in [-0.39, 0.29) is 18.5 Å². The van der Waals surface area contributed by atoms with Crippen molar-refractivity contribution in [1.82, 2.24) is 0 Å². The van der Waals surface area contributed by atoms with Crippen LogP contribution in [-0.2, 0) is 17.6 Å². The van der Waals surface area contributed by atoms with E-state index >= 15 is 0 Å². The highest BCUT2D eigenvalue weighted by Gasteiger charge is 2.25. The van der Waals surface area contributed by atoms with Gasteiger partial charge in [-0.1, -0.05) is 0 Å². The largest absolute Gasteiger partial charge is 0.463 e. The van der Waals surface area contributed by atoms with Crippen molar-refractivity contribution < 1.29 is 19.3 Å². The monoisotopic (exact) mass is 348 g/mol. The summed E-state index contributed by atoms with van der Waals surface area (Å²) in [5, 5.41) is 5.36. The molecule has 5 N–H and O–H groups in total. The minimum atomic E-state index is -0.461. The molecule has 0 radical (unpaired) electrons. The third kappa shape index (κ3) is 3.52. The van der Waals surface area contributed by atoms with E-state index in [1.807, 2.05) is 24.4 Å². The summed E-state index contributed by atoms with van der Waals surface area (Å²) in [7, 11) is 0. The highest BCUT2D eigenvalue weighted by atomic mass is 32.1. The molecule has 0 saturated heterocycles. The number of aryl methyl sites for hydroxylation is 1. The number of rotatable bonds is 6. The van der Waals surface area contributed by atoms with Crippen LogP contribution in [-0.4, -0.2) is 18.4 Å². The van der Waals surface area contributed by atoms with E-state index in [0.29, 0.717) is 10.6 Å². The summed E-state index contributed by atoms with van der Waals surface area (Å²) in [4.78, 5) is 25.2. The second kappa shape index (κ2) is 7.19. The SMILES string of the molecule is C[C@H]([NH2+]CC(=O)Nc1sc2c(c1C(N)=O)CCCC2)c1ccco1. The van der Waals surface area contributed by atoms with Gasteiger partial charge in [-0.25, -0.2) is 0 Å². The molecule has 0 fully saturated rings. The Morgan fingerprint density at radius 3 is 2.92 bits per heavy atom. The summed E-state index contributed by atoms with van der Waals surface area (Å²) in [6, 6.07) is 3.77. The molecule has 1 aliphatic rings. The number of hydrogen-bond donors (Lipinski definition) is 3. The number of thiophene rings is 1. The predicted molar refractivity (Wildman–Crippen MR) is 92.0 cm³/mol. The minimum Gasteiger partial charge on any atom is -0.463 e. The molecule has 2 amide bonds. The molecule has 6 nitrogen and oxygen atoms in total. The molecule has 128 valence electrons. The van der Waals surface area contributed by atoms with Crippen LogP contribution in [0.5, 0.6) is 0 Å². The molecule has 0 bridgehead atoms. The van der Waals surface area contributed by atoms with Crippen LogP contribution in [0, 0.1) is 0 Å². The van der Waals surface area contributed by atoms with E-state index < -0.39 is 5.91 Å². The molecule has 0 aromatic carbocycles. The highest BCUT2D eigenvalue weighted by Crippen LogP contribution is 2.37. The molecule has 0 aliphatic heterocycles. The fraction of sp³-hybridized carbons (Fsp3) is 0.412. The van der Waals surface area contributed by atoms with Gasteiger partial charge in [0.05, 0.1) is 11.8 Å². The molecular formula is C17H22N3O3S+. The first-order valence-electron chi connectivity index (χ1n) is 8.17. The third-order valence-corrected chi connectivity index (χ3v) is 5.53. The van der Waals surface area contributed by atoms with Crippen LogP contribution >= 0.6 is 11.3 Å². The van der Waals surface area contributed by atoms with Gasteiger partial charge in [0, 0.05) is 4.88 Å². The van der Waals surface area contributed by atoms with Gasteiger partial charge in [-0.05, 0) is 50.3 Å². The molecule has 1 atom stereocenters. The quantitative estimate of drug-likeness (QED) is 0.738. The number of furan rings is 1. The highest BCUT2D eigenvalue weighted by molar-refractivity contribution is 7.17. The van der Waals surface area contributed by atoms with Crippen LogP contribution < -0.4 is 16.4 Å². The number of amides is 2. The summed E-state index contributed by atoms with van der Waals surface area (Å²) in [5.41, 5.74) is 7.07. The zero-order chi connectivity index (χ0) is 17.1. The van der Waals surface area contributed by atoms with Crippen LogP contribution in [0.25, 0.3) is 0 Å². The molecule has 7 heteroatoms. The first-order valence-corrected chi connectivity index (χ1v) is 8.99. The lowest BCUT2D eigenvalue weighted by Gasteiger charge is -2.11. The summed E-state index contributed by atoms with van der Waals surface area (Å²) in [6.45, 7) is 2.23. The van der Waals surface area contributed by atoms with Crippen molar-refractivity contribution in [1.29, 1.82) is 0 Å². The Morgan fingerprint density at radius 1 is 1.42 bits per heavy atom. The van der Waals surface area contributed by atoms with Crippen molar-refractivity contribution in [3.05, 3.63) is 40.2 Å². The van der Waals surface area contributed by atoms with E-state index in [9.17, 15) is 9.59 Å². The normalized spacial score (nSPS) is 14.9. The Labute approximate surface area is 144 Å². The number of anilines is 1. The fourth-order valence-electron chi connectivity index (χ4n) is 3.04. The zero-order valence-corrected chi connectivity index (χ0v) is 14.4. The van der Waals surface area contributed by atoms with Crippen LogP contribution in [0.2, 0.25) is 0 Å². The second-order valence-corrected chi connectivity index (χ2v) is 7.18. The summed E-state index contributed by atoms with van der Waals surface area (Å²) >= 11 is 1.49. The first-order chi connectivity index (χ1) is 11.6. The van der Waals surface area contributed by atoms with Gasteiger partial charge in [0.2, 0.25) is 0 Å². The van der Waals surface area contributed by atoms with E-state index in [1.54, 1.807) is 6.26 Å². The van der Waals surface area contributed by atoms with E-state index in [0.717, 1.165) is 37.0 Å². The summed E-state index contributed by atoms with van der Waals surface area (Å²) in [5.74, 6) is 0.222. The number of hydrogen-bond acceptors (Lipinski definition) is 4. The van der Waals surface area contributed by atoms with E-state index in [1.165, 1.54) is 16.2 Å². The van der Waals surface area contributed by atoms with Gasteiger partial charge < -0.3 is 20.8 Å². The minimum absolute atomic E-state index is 0.0536. The van der Waals surface area contributed by atoms with Gasteiger partial charge in [-0.2, -0.15) is 0 Å². The van der Waals surface area contributed by atoms with Gasteiger partial charge in [0.1, 0.15) is 11.0 Å². The van der Waals surface area contributed by atoms with Gasteiger partial charge in [-0.3, -0.25) is 9.59 Å². The number of primary amides is 1. The number of nitrogens with two attached hydrogens (primary N) is 2. The van der Waals surface area contributed by atoms with Crippen molar-refractivity contribution in [3.8, 4) is 0 Å². The maximum Gasteiger partial charge on any atom is 0.280 e. The Bertz CT molecular complexity index is 737. The van der Waals surface area contributed by atoms with Gasteiger partial charge in [0.25, 0.3) is 11.8 Å². The van der Waals surface area contributed by atoms with Crippen LogP contribution in [0.3, 0.4) is 0 Å². The number of quaternary nitrogens is 1. The van der Waals surface area contributed by atoms with Crippen molar-refractivity contribution in [2.45, 2.75) is 38.6 Å². The molecule has 3 rings (SSSR count). The summed E-state index contributed by atoms with van der Waals surface area (Å²) in [6.07, 6.45) is 5.62. The Kier molecular flexibility index (Phi) is 5.01.